The summed E-state index contributed by atoms with van der Waals surface area (Å²) >= 11 is 0. The van der Waals surface area contributed by atoms with Gasteiger partial charge in [0.05, 0.1) is 35.0 Å². The fourth-order valence-electron chi connectivity index (χ4n) is 3.78. The Morgan fingerprint density at radius 3 is 2.55 bits per heavy atom. The van der Waals surface area contributed by atoms with Crippen molar-refractivity contribution in [2.45, 2.75) is 13.0 Å². The molecule has 1 amide bonds. The number of nitrogens with zero attached hydrogens (tertiary/aromatic N) is 4. The highest BCUT2D eigenvalue weighted by Crippen LogP contribution is 2.39. The lowest BCUT2D eigenvalue weighted by Crippen LogP contribution is -2.35. The first-order chi connectivity index (χ1) is 14.9. The second-order valence-corrected chi connectivity index (χ2v) is 7.70. The van der Waals surface area contributed by atoms with Crippen LogP contribution in [0.3, 0.4) is 0 Å². The highest BCUT2D eigenvalue weighted by molar-refractivity contribution is 6.46. The van der Waals surface area contributed by atoms with Gasteiger partial charge in [-0.05, 0) is 45.3 Å². The van der Waals surface area contributed by atoms with E-state index in [4.69, 9.17) is 4.42 Å². The van der Waals surface area contributed by atoms with E-state index in [9.17, 15) is 14.7 Å². The lowest BCUT2D eigenvalue weighted by molar-refractivity contribution is -0.140. The second kappa shape index (κ2) is 8.23. The van der Waals surface area contributed by atoms with Crippen molar-refractivity contribution in [3.05, 3.63) is 77.5 Å². The largest absolute Gasteiger partial charge is 0.507 e. The Morgan fingerprint density at radius 2 is 1.90 bits per heavy atom. The Labute approximate surface area is 180 Å². The molecule has 8 heteroatoms. The number of carbonyl (C=O) groups excluding carboxylic acids is 2. The molecule has 1 saturated heterocycles. The lowest BCUT2D eigenvalue weighted by Gasteiger charge is -2.24. The molecule has 1 aliphatic rings. The Hall–Kier alpha value is -3.65. The van der Waals surface area contributed by atoms with E-state index in [0.29, 0.717) is 30.1 Å². The molecule has 1 aromatic carbocycles. The summed E-state index contributed by atoms with van der Waals surface area (Å²) in [5.41, 5.74) is 1.88. The first-order valence-electron chi connectivity index (χ1n) is 9.97. The van der Waals surface area contributed by atoms with Crippen LogP contribution in [0, 0.1) is 6.92 Å². The number of hydrogen-bond acceptors (Lipinski definition) is 6. The van der Waals surface area contributed by atoms with Crippen molar-refractivity contribution in [2.75, 3.05) is 27.2 Å². The molecule has 3 heterocycles. The van der Waals surface area contributed by atoms with Crippen LogP contribution in [0.2, 0.25) is 0 Å². The van der Waals surface area contributed by atoms with Crippen LogP contribution in [0.25, 0.3) is 11.4 Å². The summed E-state index contributed by atoms with van der Waals surface area (Å²) in [4.78, 5) is 29.2. The molecule has 3 aromatic rings. The van der Waals surface area contributed by atoms with Crippen LogP contribution in [0.5, 0.6) is 0 Å². The van der Waals surface area contributed by atoms with Gasteiger partial charge in [0.1, 0.15) is 17.6 Å². The van der Waals surface area contributed by atoms with Crippen LogP contribution < -0.4 is 0 Å². The third kappa shape index (κ3) is 3.66. The third-order valence-corrected chi connectivity index (χ3v) is 5.41. The number of aromatic nitrogens is 2. The number of benzene rings is 1. The van der Waals surface area contributed by atoms with E-state index >= 15 is 0 Å². The van der Waals surface area contributed by atoms with E-state index in [1.54, 1.807) is 23.7 Å². The van der Waals surface area contributed by atoms with E-state index in [1.807, 2.05) is 49.3 Å². The topological polar surface area (TPSA) is 91.8 Å². The molecule has 0 bridgehead atoms. The fourth-order valence-corrected chi connectivity index (χ4v) is 3.78. The molecule has 1 fully saturated rings. The Morgan fingerprint density at radius 1 is 1.16 bits per heavy atom. The molecule has 0 radical (unpaired) electrons. The number of amides is 1. The minimum absolute atomic E-state index is 0.00872. The summed E-state index contributed by atoms with van der Waals surface area (Å²) in [5, 5.41) is 15.6. The standard InChI is InChI=1S/C23H24N4O4/c1-15-17(14-24-27(15)16-8-5-4-6-9-16)21(28)19-20(18-10-7-13-31-18)26(12-11-25(2)3)23(30)22(19)29/h4-10,13-14,20,28H,11-12H2,1-3H3/t20-/m1/s1. The molecule has 0 saturated carbocycles. The van der Waals surface area contributed by atoms with Crippen LogP contribution in [-0.4, -0.2) is 63.6 Å². The van der Waals surface area contributed by atoms with Crippen molar-refractivity contribution in [1.29, 1.82) is 0 Å². The van der Waals surface area contributed by atoms with E-state index in [0.717, 1.165) is 5.69 Å². The van der Waals surface area contributed by atoms with Crippen LogP contribution in [0.4, 0.5) is 0 Å². The molecule has 8 nitrogen and oxygen atoms in total. The van der Waals surface area contributed by atoms with Crippen LogP contribution in [0.1, 0.15) is 23.1 Å². The number of hydrogen-bond donors (Lipinski definition) is 1. The highest BCUT2D eigenvalue weighted by Gasteiger charge is 2.47. The minimum atomic E-state index is -0.797. The Bertz CT molecular complexity index is 1130. The maximum Gasteiger partial charge on any atom is 0.295 e. The maximum absolute atomic E-state index is 13.0. The number of rotatable bonds is 6. The normalized spacial score (nSPS) is 18.3. The Balaban J connectivity index is 1.81. The van der Waals surface area contributed by atoms with Gasteiger partial charge in [-0.15, -0.1) is 0 Å². The van der Waals surface area contributed by atoms with Gasteiger partial charge in [0.15, 0.2) is 0 Å². The van der Waals surface area contributed by atoms with Crippen molar-refractivity contribution >= 4 is 17.4 Å². The van der Waals surface area contributed by atoms with Gasteiger partial charge < -0.3 is 19.3 Å². The number of Topliss-reactive ketones (excluding diaryl/α,β-unsaturated/α-hetero) is 1. The molecule has 160 valence electrons. The van der Waals surface area contributed by atoms with Gasteiger partial charge in [0, 0.05) is 13.1 Å². The van der Waals surface area contributed by atoms with Gasteiger partial charge >= 0.3 is 0 Å². The molecule has 0 spiro atoms. The number of likely N-dealkylation sites (tertiary alicyclic amines) is 1. The third-order valence-electron chi connectivity index (χ3n) is 5.41. The van der Waals surface area contributed by atoms with Crippen molar-refractivity contribution in [3.63, 3.8) is 0 Å². The zero-order chi connectivity index (χ0) is 22.1. The monoisotopic (exact) mass is 420 g/mol. The van der Waals surface area contributed by atoms with Gasteiger partial charge in [0.2, 0.25) is 0 Å². The molecule has 0 aliphatic carbocycles. The number of para-hydroxylation sites is 1. The predicted octanol–water partition coefficient (Wildman–Crippen LogP) is 2.76. The average Bonchev–Trinajstić information content (AvgIpc) is 3.47. The SMILES string of the molecule is Cc1c(C(O)=C2C(=O)C(=O)N(CCN(C)C)[C@@H]2c2ccco2)cnn1-c1ccccc1. The van der Waals surface area contributed by atoms with E-state index in [2.05, 4.69) is 5.10 Å². The Kier molecular flexibility index (Phi) is 5.48. The molecule has 1 atom stereocenters. The highest BCUT2D eigenvalue weighted by atomic mass is 16.3. The molecule has 0 unspecified atom stereocenters. The zero-order valence-corrected chi connectivity index (χ0v) is 17.6. The summed E-state index contributed by atoms with van der Waals surface area (Å²) in [5.74, 6) is -1.22. The van der Waals surface area contributed by atoms with Crippen molar-refractivity contribution < 1.29 is 19.1 Å². The van der Waals surface area contributed by atoms with Gasteiger partial charge in [-0.3, -0.25) is 9.59 Å². The van der Waals surface area contributed by atoms with Crippen molar-refractivity contribution in [1.82, 2.24) is 19.6 Å². The second-order valence-electron chi connectivity index (χ2n) is 7.70. The smallest absolute Gasteiger partial charge is 0.295 e. The molecule has 4 rings (SSSR count). The van der Waals surface area contributed by atoms with Gasteiger partial charge in [-0.25, -0.2) is 4.68 Å². The number of furan rings is 1. The molecule has 1 N–H and O–H groups in total. The molecule has 2 aromatic heterocycles. The summed E-state index contributed by atoms with van der Waals surface area (Å²) in [6.45, 7) is 2.69. The van der Waals surface area contributed by atoms with Crippen LogP contribution in [0.15, 0.2) is 64.9 Å². The van der Waals surface area contributed by atoms with Gasteiger partial charge in [0.25, 0.3) is 11.7 Å². The van der Waals surface area contributed by atoms with E-state index < -0.39 is 17.7 Å². The van der Waals surface area contributed by atoms with Crippen LogP contribution >= 0.6 is 0 Å². The van der Waals surface area contributed by atoms with Crippen molar-refractivity contribution in [2.24, 2.45) is 0 Å². The lowest BCUT2D eigenvalue weighted by atomic mass is 9.99. The number of ketones is 1. The van der Waals surface area contributed by atoms with Gasteiger partial charge in [-0.2, -0.15) is 5.10 Å². The summed E-state index contributed by atoms with van der Waals surface area (Å²) in [6, 6.07) is 12.1. The number of likely N-dealkylation sites (N-methyl/N-ethyl adjacent to an activating group) is 1. The maximum atomic E-state index is 13.0. The predicted molar refractivity (Wildman–Crippen MR) is 115 cm³/mol. The zero-order valence-electron chi connectivity index (χ0n) is 17.6. The van der Waals surface area contributed by atoms with Gasteiger partial charge in [-0.1, -0.05) is 18.2 Å². The first kappa shape index (κ1) is 20.6. The number of aliphatic hydroxyl groups excluding tert-OH is 1. The summed E-state index contributed by atoms with van der Waals surface area (Å²) in [7, 11) is 3.78. The quantitative estimate of drug-likeness (QED) is 0.375. The fraction of sp³-hybridized carbons (Fsp3) is 0.261. The molecule has 1 aliphatic heterocycles. The minimum Gasteiger partial charge on any atom is -0.507 e. The number of aliphatic hydroxyl groups is 1. The summed E-state index contributed by atoms with van der Waals surface area (Å²) < 4.78 is 7.23. The van der Waals surface area contributed by atoms with E-state index in [1.165, 1.54) is 17.4 Å². The number of carbonyl (C=O) groups is 2. The van der Waals surface area contributed by atoms with Crippen LogP contribution in [-0.2, 0) is 9.59 Å². The van der Waals surface area contributed by atoms with Crippen molar-refractivity contribution in [3.8, 4) is 5.69 Å². The average molecular weight is 420 g/mol. The first-order valence-corrected chi connectivity index (χ1v) is 9.97. The molecular formula is C23H24N4O4. The molecular weight excluding hydrogens is 396 g/mol. The summed E-state index contributed by atoms with van der Waals surface area (Å²) in [6.07, 6.45) is 2.99. The molecule has 31 heavy (non-hydrogen) atoms. The van der Waals surface area contributed by atoms with E-state index in [-0.39, 0.29) is 11.3 Å².